The molecule has 35 heavy (non-hydrogen) atoms. The van der Waals surface area contributed by atoms with E-state index in [9.17, 15) is 14.4 Å². The molecular formula is C27H39N3O5. The topological polar surface area (TPSA) is 88.2 Å². The van der Waals surface area contributed by atoms with Crippen molar-refractivity contribution in [3.63, 3.8) is 0 Å². The van der Waals surface area contributed by atoms with Gasteiger partial charge in [0.25, 0.3) is 0 Å². The quantitative estimate of drug-likeness (QED) is 0.646. The van der Waals surface area contributed by atoms with Crippen molar-refractivity contribution in [1.82, 2.24) is 15.1 Å². The number of carbonyl (C=O) groups is 3. The van der Waals surface area contributed by atoms with Crippen LogP contribution < -0.4 is 5.32 Å². The second-order valence-electron chi connectivity index (χ2n) is 10.4. The van der Waals surface area contributed by atoms with Crippen LogP contribution in [0.4, 0.5) is 4.79 Å². The number of hydrogen-bond donors (Lipinski definition) is 1. The number of rotatable bonds is 2. The highest BCUT2D eigenvalue weighted by Gasteiger charge is 2.44. The van der Waals surface area contributed by atoms with Gasteiger partial charge in [-0.15, -0.1) is 0 Å². The van der Waals surface area contributed by atoms with Crippen molar-refractivity contribution in [2.24, 2.45) is 5.92 Å². The van der Waals surface area contributed by atoms with Crippen molar-refractivity contribution in [3.8, 4) is 0 Å². The zero-order chi connectivity index (χ0) is 24.9. The first-order valence-electron chi connectivity index (χ1n) is 13.1. The lowest BCUT2D eigenvalue weighted by Crippen LogP contribution is -2.53. The molecule has 0 aliphatic carbocycles. The van der Waals surface area contributed by atoms with Gasteiger partial charge in [-0.2, -0.15) is 0 Å². The van der Waals surface area contributed by atoms with Gasteiger partial charge in [-0.1, -0.05) is 51.3 Å². The number of esters is 1. The fourth-order valence-corrected chi connectivity index (χ4v) is 5.57. The van der Waals surface area contributed by atoms with Crippen molar-refractivity contribution < 1.29 is 23.9 Å². The fraction of sp³-hybridized carbons (Fsp3) is 0.667. The summed E-state index contributed by atoms with van der Waals surface area (Å²) in [5, 5.41) is 3.42. The minimum atomic E-state index is -0.749. The summed E-state index contributed by atoms with van der Waals surface area (Å²) >= 11 is 0. The summed E-state index contributed by atoms with van der Waals surface area (Å²) in [5.41, 5.74) is 3.73. The lowest BCUT2D eigenvalue weighted by Gasteiger charge is -2.30. The molecule has 3 aliphatic rings. The van der Waals surface area contributed by atoms with E-state index in [2.05, 4.69) is 23.5 Å². The number of nitrogens with one attached hydrogen (secondary N) is 1. The molecule has 0 radical (unpaired) electrons. The van der Waals surface area contributed by atoms with Crippen LogP contribution in [0, 0.1) is 5.92 Å². The van der Waals surface area contributed by atoms with E-state index in [1.54, 1.807) is 9.80 Å². The maximum atomic E-state index is 13.5. The Balaban J connectivity index is 1.55. The second-order valence-corrected chi connectivity index (χ2v) is 10.4. The largest absolute Gasteiger partial charge is 0.467 e. The molecule has 1 fully saturated rings. The van der Waals surface area contributed by atoms with Gasteiger partial charge in [-0.25, -0.2) is 9.59 Å². The summed E-state index contributed by atoms with van der Waals surface area (Å²) in [6.45, 7) is 6.03. The third-order valence-electron chi connectivity index (χ3n) is 7.54. The first-order chi connectivity index (χ1) is 16.9. The van der Waals surface area contributed by atoms with Crippen LogP contribution in [-0.4, -0.2) is 66.2 Å². The summed E-state index contributed by atoms with van der Waals surface area (Å²) in [6.07, 6.45) is 5.91. The molecule has 1 aromatic rings. The zero-order valence-corrected chi connectivity index (χ0v) is 21.3. The normalized spacial score (nSPS) is 26.2. The minimum Gasteiger partial charge on any atom is -0.467 e. The molecule has 1 aromatic carbocycles. The van der Waals surface area contributed by atoms with E-state index in [4.69, 9.17) is 9.47 Å². The Hall–Kier alpha value is -2.61. The van der Waals surface area contributed by atoms with Crippen LogP contribution in [0.3, 0.4) is 0 Å². The van der Waals surface area contributed by atoms with Crippen molar-refractivity contribution in [3.05, 3.63) is 34.9 Å². The fourth-order valence-electron chi connectivity index (χ4n) is 5.57. The molecule has 1 N–H and O–H groups in total. The van der Waals surface area contributed by atoms with E-state index < -0.39 is 30.3 Å². The Morgan fingerprint density at radius 1 is 1.09 bits per heavy atom. The molecule has 3 atom stereocenters. The summed E-state index contributed by atoms with van der Waals surface area (Å²) in [6, 6.07) is 5.19. The monoisotopic (exact) mass is 485 g/mol. The molecule has 3 aliphatic heterocycles. The summed E-state index contributed by atoms with van der Waals surface area (Å²) in [5.74, 6) is -0.544. The number of amides is 2. The predicted molar refractivity (Wildman–Crippen MR) is 132 cm³/mol. The van der Waals surface area contributed by atoms with Gasteiger partial charge in [-0.05, 0) is 48.4 Å². The van der Waals surface area contributed by atoms with Gasteiger partial charge in [0.1, 0.15) is 12.1 Å². The lowest BCUT2D eigenvalue weighted by atomic mass is 9.98. The van der Waals surface area contributed by atoms with Gasteiger partial charge < -0.3 is 19.7 Å². The van der Waals surface area contributed by atoms with Crippen LogP contribution in [0.5, 0.6) is 0 Å². The highest BCUT2D eigenvalue weighted by atomic mass is 16.6. The van der Waals surface area contributed by atoms with Crippen molar-refractivity contribution in [2.45, 2.75) is 90.1 Å². The number of fused-ring (bicyclic) bond motifs is 3. The Morgan fingerprint density at radius 2 is 1.83 bits per heavy atom. The zero-order valence-electron chi connectivity index (χ0n) is 21.3. The average molecular weight is 486 g/mol. The van der Waals surface area contributed by atoms with E-state index in [1.165, 1.54) is 23.8 Å². The average Bonchev–Trinajstić information content (AvgIpc) is 3.46. The molecule has 8 heteroatoms. The van der Waals surface area contributed by atoms with Crippen LogP contribution >= 0.6 is 0 Å². The summed E-state index contributed by atoms with van der Waals surface area (Å²) in [7, 11) is 1.32. The number of aryl methyl sites for hydroxylation is 1. The van der Waals surface area contributed by atoms with Crippen LogP contribution in [0.15, 0.2) is 18.2 Å². The molecule has 0 spiro atoms. The van der Waals surface area contributed by atoms with Gasteiger partial charge in [0.05, 0.1) is 19.7 Å². The van der Waals surface area contributed by atoms with Crippen LogP contribution in [-0.2, 0) is 38.6 Å². The van der Waals surface area contributed by atoms with E-state index in [1.807, 2.05) is 13.8 Å². The highest BCUT2D eigenvalue weighted by molar-refractivity contribution is 5.88. The lowest BCUT2D eigenvalue weighted by molar-refractivity contribution is -0.152. The SMILES string of the molecule is COC(=O)[C@@H]1C[C@@H]2CN1C(=O)[C@H](C(C)C)NCCCCCCCc1cccc3c1CN(C3)C(=O)O2. The number of ether oxygens (including phenoxy) is 2. The molecule has 0 unspecified atom stereocenters. The molecule has 3 heterocycles. The van der Waals surface area contributed by atoms with Crippen LogP contribution in [0.25, 0.3) is 0 Å². The maximum Gasteiger partial charge on any atom is 0.410 e. The first kappa shape index (κ1) is 25.5. The van der Waals surface area contributed by atoms with Gasteiger partial charge >= 0.3 is 12.1 Å². The molecule has 0 saturated carbocycles. The predicted octanol–water partition coefficient (Wildman–Crippen LogP) is 3.40. The summed E-state index contributed by atoms with van der Waals surface area (Å²) < 4.78 is 10.8. The molecule has 4 bridgehead atoms. The van der Waals surface area contributed by atoms with Gasteiger partial charge in [0.15, 0.2) is 0 Å². The van der Waals surface area contributed by atoms with Gasteiger partial charge in [-0.3, -0.25) is 9.69 Å². The Kier molecular flexibility index (Phi) is 8.31. The Labute approximate surface area is 208 Å². The number of benzene rings is 1. The molecule has 1 saturated heterocycles. The second kappa shape index (κ2) is 11.4. The number of methoxy groups -OCH3 is 1. The molecule has 0 aromatic heterocycles. The number of hydrogen-bond acceptors (Lipinski definition) is 6. The number of nitrogens with zero attached hydrogens (tertiary/aromatic N) is 2. The van der Waals surface area contributed by atoms with E-state index in [0.717, 1.165) is 45.1 Å². The van der Waals surface area contributed by atoms with E-state index in [-0.39, 0.29) is 24.8 Å². The molecule has 2 amide bonds. The Morgan fingerprint density at radius 3 is 2.60 bits per heavy atom. The van der Waals surface area contributed by atoms with E-state index in [0.29, 0.717) is 13.1 Å². The van der Waals surface area contributed by atoms with Gasteiger partial charge in [0, 0.05) is 19.5 Å². The van der Waals surface area contributed by atoms with Crippen molar-refractivity contribution in [2.75, 3.05) is 20.2 Å². The third-order valence-corrected chi connectivity index (χ3v) is 7.54. The third kappa shape index (κ3) is 5.80. The van der Waals surface area contributed by atoms with Gasteiger partial charge in [0.2, 0.25) is 5.91 Å². The molecule has 8 nitrogen and oxygen atoms in total. The first-order valence-corrected chi connectivity index (χ1v) is 13.1. The molecular weight excluding hydrogens is 446 g/mol. The standard InChI is InChI=1S/C27H39N3O5/c1-18(2)24-25(31)30-16-21(14-23(30)26(32)34-3)35-27(33)29-15-20-12-9-11-19(22(20)17-29)10-7-5-4-6-8-13-28-24/h9,11-12,18,21,23-24,28H,4-8,10,13-17H2,1-3H3/t21-,23+,24+/m1/s1. The smallest absolute Gasteiger partial charge is 0.410 e. The highest BCUT2D eigenvalue weighted by Crippen LogP contribution is 2.30. The minimum absolute atomic E-state index is 0.0628. The van der Waals surface area contributed by atoms with E-state index >= 15 is 0 Å². The molecule has 192 valence electrons. The van der Waals surface area contributed by atoms with Crippen LogP contribution in [0.2, 0.25) is 0 Å². The summed E-state index contributed by atoms with van der Waals surface area (Å²) in [4.78, 5) is 42.4. The maximum absolute atomic E-state index is 13.5. The van der Waals surface area contributed by atoms with Crippen molar-refractivity contribution in [1.29, 1.82) is 0 Å². The van der Waals surface area contributed by atoms with Crippen molar-refractivity contribution >= 4 is 18.0 Å². The Bertz CT molecular complexity index is 933. The number of carbonyl (C=O) groups excluding carboxylic acids is 3. The van der Waals surface area contributed by atoms with Crippen LogP contribution in [0.1, 0.15) is 69.1 Å². The molecule has 4 rings (SSSR count).